The van der Waals surface area contributed by atoms with Crippen LogP contribution in [0.3, 0.4) is 0 Å². The Kier molecular flexibility index (Phi) is 5.07. The predicted octanol–water partition coefficient (Wildman–Crippen LogP) is 4.29. The van der Waals surface area contributed by atoms with Crippen molar-refractivity contribution in [1.29, 1.82) is 0 Å². The molecule has 5 nitrogen and oxygen atoms in total. The largest absolute Gasteiger partial charge is 0.506 e. The van der Waals surface area contributed by atoms with Crippen LogP contribution in [0.5, 0.6) is 11.5 Å². The van der Waals surface area contributed by atoms with Gasteiger partial charge in [-0.3, -0.25) is 4.79 Å². The molecule has 1 N–H and O–H groups in total. The van der Waals surface area contributed by atoms with Crippen molar-refractivity contribution in [3.05, 3.63) is 65.7 Å². The standard InChI is InChI=1S/C21H20O5/c1-13(2)12-17-20(23)18(21(24)26-17)19(22)15-10-6-7-11-16(15)25-14-8-4-3-5-9-14/h3-11,13,17,22H,12H2,1-2H3/b19-18+. The minimum Gasteiger partial charge on any atom is -0.506 e. The molecule has 0 amide bonds. The Labute approximate surface area is 151 Å². The van der Waals surface area contributed by atoms with Gasteiger partial charge in [0.2, 0.25) is 5.78 Å². The SMILES string of the molecule is CC(C)CC1OC(=O)/C(=C(/O)c2ccccc2Oc2ccccc2)C1=O. The maximum absolute atomic E-state index is 12.5. The summed E-state index contributed by atoms with van der Waals surface area (Å²) in [4.78, 5) is 24.7. The molecular weight excluding hydrogens is 332 g/mol. The maximum Gasteiger partial charge on any atom is 0.346 e. The number of benzene rings is 2. The first-order valence-electron chi connectivity index (χ1n) is 8.48. The lowest BCUT2D eigenvalue weighted by Crippen LogP contribution is -2.18. The number of aliphatic hydroxyl groups is 1. The van der Waals surface area contributed by atoms with E-state index in [0.29, 0.717) is 17.9 Å². The molecular formula is C21H20O5. The quantitative estimate of drug-likeness (QED) is 0.376. The molecule has 134 valence electrons. The van der Waals surface area contributed by atoms with Crippen LogP contribution in [-0.4, -0.2) is 23.0 Å². The number of esters is 1. The molecule has 26 heavy (non-hydrogen) atoms. The fraction of sp³-hybridized carbons (Fsp3) is 0.238. The van der Waals surface area contributed by atoms with E-state index in [4.69, 9.17) is 9.47 Å². The van der Waals surface area contributed by atoms with Crippen LogP contribution in [0.25, 0.3) is 5.76 Å². The zero-order valence-electron chi connectivity index (χ0n) is 14.6. The smallest absolute Gasteiger partial charge is 0.346 e. The molecule has 1 saturated heterocycles. The normalized spacial score (nSPS) is 18.8. The third-order valence-corrected chi connectivity index (χ3v) is 4.03. The van der Waals surface area contributed by atoms with Crippen LogP contribution < -0.4 is 4.74 Å². The summed E-state index contributed by atoms with van der Waals surface area (Å²) in [5.74, 6) is -0.597. The van der Waals surface area contributed by atoms with E-state index in [1.807, 2.05) is 32.0 Å². The van der Waals surface area contributed by atoms with E-state index in [2.05, 4.69) is 0 Å². The number of hydrogen-bond acceptors (Lipinski definition) is 5. The van der Waals surface area contributed by atoms with Crippen LogP contribution in [0.15, 0.2) is 60.2 Å². The first-order chi connectivity index (χ1) is 12.5. The van der Waals surface area contributed by atoms with Crippen LogP contribution in [0.2, 0.25) is 0 Å². The number of carbonyl (C=O) groups is 2. The third-order valence-electron chi connectivity index (χ3n) is 4.03. The Hall–Kier alpha value is -3.08. The summed E-state index contributed by atoms with van der Waals surface area (Å²) < 4.78 is 10.9. The molecule has 1 fully saturated rings. The van der Waals surface area contributed by atoms with Gasteiger partial charge in [-0.2, -0.15) is 0 Å². The van der Waals surface area contributed by atoms with Crippen molar-refractivity contribution in [1.82, 2.24) is 0 Å². The second-order valence-corrected chi connectivity index (χ2v) is 6.52. The number of para-hydroxylation sites is 2. The summed E-state index contributed by atoms with van der Waals surface area (Å²) in [6.45, 7) is 3.87. The molecule has 0 spiro atoms. The van der Waals surface area contributed by atoms with E-state index in [-0.39, 0.29) is 17.1 Å². The van der Waals surface area contributed by atoms with E-state index in [0.717, 1.165) is 0 Å². The predicted molar refractivity (Wildman–Crippen MR) is 96.8 cm³/mol. The Bertz CT molecular complexity index is 852. The number of cyclic esters (lactones) is 1. The average molecular weight is 352 g/mol. The van der Waals surface area contributed by atoms with Gasteiger partial charge in [-0.1, -0.05) is 44.2 Å². The van der Waals surface area contributed by atoms with Crippen molar-refractivity contribution in [2.24, 2.45) is 5.92 Å². The minimum atomic E-state index is -0.846. The molecule has 2 aromatic carbocycles. The Balaban J connectivity index is 1.97. The molecule has 1 aliphatic rings. The van der Waals surface area contributed by atoms with Gasteiger partial charge >= 0.3 is 5.97 Å². The van der Waals surface area contributed by atoms with Gasteiger partial charge in [0, 0.05) is 0 Å². The lowest BCUT2D eigenvalue weighted by Gasteiger charge is -2.11. The van der Waals surface area contributed by atoms with E-state index in [9.17, 15) is 14.7 Å². The van der Waals surface area contributed by atoms with Crippen molar-refractivity contribution >= 4 is 17.5 Å². The molecule has 1 aliphatic heterocycles. The molecule has 1 atom stereocenters. The van der Waals surface area contributed by atoms with Gasteiger partial charge in [-0.05, 0) is 36.6 Å². The van der Waals surface area contributed by atoms with Crippen LogP contribution in [0, 0.1) is 5.92 Å². The van der Waals surface area contributed by atoms with Gasteiger partial charge < -0.3 is 14.6 Å². The second-order valence-electron chi connectivity index (χ2n) is 6.52. The summed E-state index contributed by atoms with van der Waals surface area (Å²) in [5.41, 5.74) is -0.0541. The van der Waals surface area contributed by atoms with Crippen LogP contribution in [0.1, 0.15) is 25.8 Å². The summed E-state index contributed by atoms with van der Waals surface area (Å²) in [6, 6.07) is 15.8. The van der Waals surface area contributed by atoms with Crippen molar-refractivity contribution in [3.63, 3.8) is 0 Å². The highest BCUT2D eigenvalue weighted by atomic mass is 16.6. The molecule has 0 saturated carbocycles. The third kappa shape index (κ3) is 3.61. The van der Waals surface area contributed by atoms with Crippen molar-refractivity contribution < 1.29 is 24.2 Å². The molecule has 2 aromatic rings. The van der Waals surface area contributed by atoms with E-state index in [1.54, 1.807) is 36.4 Å². The minimum absolute atomic E-state index is 0.187. The molecule has 0 radical (unpaired) electrons. The Morgan fingerprint density at radius 1 is 1.08 bits per heavy atom. The van der Waals surface area contributed by atoms with Crippen molar-refractivity contribution in [2.45, 2.75) is 26.4 Å². The summed E-state index contributed by atoms with van der Waals surface area (Å²) in [7, 11) is 0. The average Bonchev–Trinajstić information content (AvgIpc) is 2.89. The molecule has 1 unspecified atom stereocenters. The van der Waals surface area contributed by atoms with Gasteiger partial charge in [0.15, 0.2) is 6.10 Å². The first-order valence-corrected chi connectivity index (χ1v) is 8.48. The summed E-state index contributed by atoms with van der Waals surface area (Å²) in [5, 5.41) is 10.6. The van der Waals surface area contributed by atoms with Crippen molar-refractivity contribution in [2.75, 3.05) is 0 Å². The summed E-state index contributed by atoms with van der Waals surface area (Å²) in [6.07, 6.45) is -0.425. The molecule has 0 aliphatic carbocycles. The number of ketones is 1. The molecule has 0 bridgehead atoms. The molecule has 1 heterocycles. The maximum atomic E-state index is 12.5. The lowest BCUT2D eigenvalue weighted by molar-refractivity contribution is -0.141. The van der Waals surface area contributed by atoms with E-state index < -0.39 is 23.6 Å². The number of ether oxygens (including phenoxy) is 2. The first kappa shape index (κ1) is 17.7. The van der Waals surface area contributed by atoms with Gasteiger partial charge in [-0.15, -0.1) is 0 Å². The highest BCUT2D eigenvalue weighted by Gasteiger charge is 2.41. The highest BCUT2D eigenvalue weighted by Crippen LogP contribution is 2.33. The van der Waals surface area contributed by atoms with E-state index >= 15 is 0 Å². The number of aliphatic hydroxyl groups excluding tert-OH is 1. The van der Waals surface area contributed by atoms with Gasteiger partial charge in [-0.25, -0.2) is 4.79 Å². The number of rotatable bonds is 5. The Morgan fingerprint density at radius 3 is 2.42 bits per heavy atom. The topological polar surface area (TPSA) is 72.8 Å². The fourth-order valence-corrected chi connectivity index (χ4v) is 2.80. The highest BCUT2D eigenvalue weighted by molar-refractivity contribution is 6.27. The lowest BCUT2D eigenvalue weighted by atomic mass is 9.98. The van der Waals surface area contributed by atoms with Gasteiger partial charge in [0.1, 0.15) is 22.8 Å². The fourth-order valence-electron chi connectivity index (χ4n) is 2.80. The number of carbonyl (C=O) groups excluding carboxylic acids is 2. The number of Topliss-reactive ketones (excluding diaryl/α,β-unsaturated/α-hetero) is 1. The van der Waals surface area contributed by atoms with Crippen molar-refractivity contribution in [3.8, 4) is 11.5 Å². The second kappa shape index (κ2) is 7.44. The van der Waals surface area contributed by atoms with Gasteiger partial charge in [0.05, 0.1) is 5.56 Å². The van der Waals surface area contributed by atoms with Crippen LogP contribution in [0.4, 0.5) is 0 Å². The van der Waals surface area contributed by atoms with Crippen LogP contribution in [-0.2, 0) is 14.3 Å². The zero-order chi connectivity index (χ0) is 18.7. The van der Waals surface area contributed by atoms with Crippen LogP contribution >= 0.6 is 0 Å². The Morgan fingerprint density at radius 2 is 1.73 bits per heavy atom. The molecule has 5 heteroatoms. The van der Waals surface area contributed by atoms with Gasteiger partial charge in [0.25, 0.3) is 0 Å². The monoisotopic (exact) mass is 352 g/mol. The zero-order valence-corrected chi connectivity index (χ0v) is 14.6. The summed E-state index contributed by atoms with van der Waals surface area (Å²) >= 11 is 0. The van der Waals surface area contributed by atoms with E-state index in [1.165, 1.54) is 0 Å². The molecule has 3 rings (SSSR count). The molecule has 0 aromatic heterocycles. The number of hydrogen-bond donors (Lipinski definition) is 1.